The Bertz CT molecular complexity index is 3650. The molecule has 1 unspecified atom stereocenters. The van der Waals surface area contributed by atoms with Crippen molar-refractivity contribution in [1.29, 1.82) is 0 Å². The van der Waals surface area contributed by atoms with E-state index in [1.807, 2.05) is 68.5 Å². The summed E-state index contributed by atoms with van der Waals surface area (Å²) in [5.41, 5.74) is 4.64. The Morgan fingerprint density at radius 1 is 0.716 bits per heavy atom. The van der Waals surface area contributed by atoms with E-state index in [-0.39, 0.29) is 59.8 Å². The van der Waals surface area contributed by atoms with Gasteiger partial charge in [0.2, 0.25) is 20.0 Å². The second-order valence-electron chi connectivity index (χ2n) is 27.3. The van der Waals surface area contributed by atoms with Crippen LogP contribution >= 0.6 is 23.2 Å². The first-order valence-corrected chi connectivity index (χ1v) is 36.0. The first-order valence-electron chi connectivity index (χ1n) is 32.2. The van der Waals surface area contributed by atoms with Crippen molar-refractivity contribution in [2.75, 3.05) is 49.2 Å². The summed E-state index contributed by atoms with van der Waals surface area (Å²) in [6, 6.07) is 21.0. The van der Waals surface area contributed by atoms with Gasteiger partial charge in [0, 0.05) is 64.2 Å². The number of halogens is 2. The van der Waals surface area contributed by atoms with Gasteiger partial charge in [-0.1, -0.05) is 79.6 Å². The summed E-state index contributed by atoms with van der Waals surface area (Å²) in [7, 11) is -8.36. The molecule has 3 fully saturated rings. The van der Waals surface area contributed by atoms with E-state index in [0.29, 0.717) is 97.8 Å². The number of ether oxygens (including phenoxy) is 3. The SMILES string of the molecule is C=CCC[C@]1(O)/C=C/C[C@H](C)[C@@H](C)S(=O)(=O)NC(=O)c2cc(C3CO[C@@]4(/C=C/C[C@H](C)[C@@H](C)S(=O)(=O)NC(=O)c5ccc6c(c5)N(CCCCc5cc(Cl)ccc5CO6)C[C@@H]5CC[C@H]54)C3)c3c(c2)N(C[C@@H]2CC[C@H]21)C[C@@]1(CCCc2cc(Cl)ccc21)CO3. The number of allylic oxidation sites excluding steroid dienone is 3. The molecule has 3 N–H and O–H groups in total. The van der Waals surface area contributed by atoms with Gasteiger partial charge in [0.15, 0.2) is 0 Å². The maximum absolute atomic E-state index is 15.0. The average Bonchev–Trinajstić information content (AvgIpc) is 1.63. The molecule has 3 aliphatic carbocycles. The zero-order valence-corrected chi connectivity index (χ0v) is 54.4. The molecule has 4 aromatic carbocycles. The molecule has 5 aliphatic heterocycles. The number of hydrogen-bond donors (Lipinski definition) is 3. The summed E-state index contributed by atoms with van der Waals surface area (Å²) in [4.78, 5) is 33.8. The Hall–Kier alpha value is -5.36. The number of aryl methyl sites for hydroxylation is 2. The van der Waals surface area contributed by atoms with Crippen LogP contribution in [0.1, 0.15) is 166 Å². The second-order valence-corrected chi connectivity index (χ2v) is 32.2. The van der Waals surface area contributed by atoms with E-state index in [9.17, 15) is 26.7 Å². The van der Waals surface area contributed by atoms with Crippen LogP contribution in [-0.2, 0) is 49.6 Å². The van der Waals surface area contributed by atoms with Crippen molar-refractivity contribution in [2.24, 2.45) is 35.5 Å². The Morgan fingerprint density at radius 2 is 1.38 bits per heavy atom. The number of nitrogens with one attached hydrogen (secondary N) is 2. The highest BCUT2D eigenvalue weighted by Crippen LogP contribution is 2.56. The van der Waals surface area contributed by atoms with E-state index >= 15 is 4.79 Å². The standard InChI is InChI=1S/C70H86Cl2N4O10S2/c1-6-7-28-69(79)29-10-13-44(2)46(4)88(82,83)74-67(78)54-34-58(65-63(36-54)76(39-51-18-23-60(51)69)42-68(43-85-65)27-12-16-49-33-57(72)22-25-59(49)68)55-37-70(86-41-55)30-11-14-45(3)47(5)87(80,81)73-66(77)50-20-26-64-62(35-50)75(38-52-19-24-61(52)70)31-9-8-15-48-32-56(71)21-17-53(48)40-84-64/h6,10-11,17,20-22,25-26,29-30,32-36,44-47,51-52,55,60-61,79H,1,7-9,12-16,18-19,23-24,27-28,31,37-43H2,2-5H3,(H,73,77)(H,74,78)/b29-10+,30-11+/t44-,45-,46+,47+,51-,52-,55?,60+,61+,68-,69-,70-/m0/s1. The highest BCUT2D eigenvalue weighted by molar-refractivity contribution is 7.91. The van der Waals surface area contributed by atoms with Crippen LogP contribution in [-0.4, -0.2) is 94.9 Å². The van der Waals surface area contributed by atoms with Gasteiger partial charge in [-0.05, 0) is 223 Å². The van der Waals surface area contributed by atoms with Gasteiger partial charge in [-0.2, -0.15) is 0 Å². The molecule has 4 bridgehead atoms. The molecule has 0 aromatic heterocycles. The first kappa shape index (κ1) is 62.8. The van der Waals surface area contributed by atoms with Gasteiger partial charge in [-0.25, -0.2) is 26.3 Å². The van der Waals surface area contributed by atoms with Crippen molar-refractivity contribution in [3.8, 4) is 11.5 Å². The molecule has 12 atom stereocenters. The number of carbonyl (C=O) groups is 2. The molecule has 14 nitrogen and oxygen atoms in total. The van der Waals surface area contributed by atoms with Gasteiger partial charge in [0.25, 0.3) is 11.8 Å². The lowest BCUT2D eigenvalue weighted by Gasteiger charge is -2.49. The van der Waals surface area contributed by atoms with Gasteiger partial charge in [-0.3, -0.25) is 9.59 Å². The van der Waals surface area contributed by atoms with Crippen molar-refractivity contribution in [3.63, 3.8) is 0 Å². The molecule has 472 valence electrons. The van der Waals surface area contributed by atoms with Crippen LogP contribution < -0.4 is 28.7 Å². The van der Waals surface area contributed by atoms with E-state index in [1.54, 1.807) is 32.0 Å². The lowest BCUT2D eigenvalue weighted by molar-refractivity contribution is -0.0625. The van der Waals surface area contributed by atoms with Crippen molar-refractivity contribution >= 4 is 66.4 Å². The van der Waals surface area contributed by atoms with Crippen molar-refractivity contribution in [3.05, 3.63) is 153 Å². The van der Waals surface area contributed by atoms with Gasteiger partial charge < -0.3 is 29.1 Å². The predicted molar refractivity (Wildman–Crippen MR) is 348 cm³/mol. The van der Waals surface area contributed by atoms with E-state index in [1.165, 1.54) is 11.1 Å². The van der Waals surface area contributed by atoms with Crippen LogP contribution in [0.15, 0.2) is 104 Å². The summed E-state index contributed by atoms with van der Waals surface area (Å²) in [6.07, 6.45) is 21.0. The molecular weight excluding hydrogens is 1190 g/mol. The van der Waals surface area contributed by atoms with Crippen LogP contribution in [0, 0.1) is 35.5 Å². The molecule has 88 heavy (non-hydrogen) atoms. The molecule has 2 saturated carbocycles. The Morgan fingerprint density at radius 3 is 2.09 bits per heavy atom. The van der Waals surface area contributed by atoms with E-state index < -0.39 is 64.9 Å². The van der Waals surface area contributed by atoms with Crippen LogP contribution in [0.5, 0.6) is 11.5 Å². The van der Waals surface area contributed by atoms with Crippen molar-refractivity contribution < 1.29 is 45.7 Å². The highest BCUT2D eigenvalue weighted by Gasteiger charge is 2.54. The summed E-state index contributed by atoms with van der Waals surface area (Å²) in [5, 5.41) is 12.3. The fourth-order valence-corrected chi connectivity index (χ4v) is 18.9. The molecule has 4 aromatic rings. The number of sulfonamides is 2. The van der Waals surface area contributed by atoms with Crippen LogP contribution in [0.3, 0.4) is 0 Å². The largest absolute Gasteiger partial charge is 0.490 e. The fraction of sp³-hybridized carbons (Fsp3) is 0.543. The fourth-order valence-electron chi connectivity index (χ4n) is 15.9. The highest BCUT2D eigenvalue weighted by atomic mass is 35.5. The quantitative estimate of drug-likeness (QED) is 0.165. The van der Waals surface area contributed by atoms with Gasteiger partial charge in [0.1, 0.15) is 18.1 Å². The summed E-state index contributed by atoms with van der Waals surface area (Å²) >= 11 is 13.3. The minimum Gasteiger partial charge on any atom is -0.490 e. The Labute approximate surface area is 530 Å². The number of rotatable bonds is 4. The van der Waals surface area contributed by atoms with E-state index in [0.717, 1.165) is 80.9 Å². The monoisotopic (exact) mass is 1280 g/mol. The third kappa shape index (κ3) is 12.3. The molecule has 1 saturated heterocycles. The van der Waals surface area contributed by atoms with Gasteiger partial charge >= 0.3 is 0 Å². The predicted octanol–water partition coefficient (Wildman–Crippen LogP) is 13.0. The second kappa shape index (κ2) is 25.0. The molecule has 18 heteroatoms. The number of amides is 2. The Kier molecular flexibility index (Phi) is 17.9. The van der Waals surface area contributed by atoms with Crippen molar-refractivity contribution in [1.82, 2.24) is 9.44 Å². The van der Waals surface area contributed by atoms with E-state index in [4.69, 9.17) is 37.4 Å². The number of hydrogen-bond acceptors (Lipinski definition) is 12. The summed E-state index contributed by atoms with van der Waals surface area (Å²) in [6.45, 7) is 14.3. The zero-order chi connectivity index (χ0) is 61.9. The smallest absolute Gasteiger partial charge is 0.264 e. The topological polar surface area (TPSA) is 181 Å². The number of carbonyl (C=O) groups excluding carboxylic acids is 2. The molecule has 2 amide bonds. The number of nitrogens with zero attached hydrogens (tertiary/aromatic N) is 2. The van der Waals surface area contributed by atoms with Crippen LogP contribution in [0.25, 0.3) is 0 Å². The first-order chi connectivity index (χ1) is 42.1. The van der Waals surface area contributed by atoms with E-state index in [2.05, 4.69) is 50.1 Å². The minimum absolute atomic E-state index is 0.00602. The molecular formula is C70H86Cl2N4O10S2. The zero-order valence-electron chi connectivity index (χ0n) is 51.3. The maximum Gasteiger partial charge on any atom is 0.264 e. The minimum atomic E-state index is -4.21. The van der Waals surface area contributed by atoms with Crippen LogP contribution in [0.4, 0.5) is 11.4 Å². The number of fused-ring (bicyclic) bond motifs is 8. The Balaban J connectivity index is 0.966. The van der Waals surface area contributed by atoms with Gasteiger partial charge in [-0.15, -0.1) is 6.58 Å². The maximum atomic E-state index is 15.0. The third-order valence-corrected chi connectivity index (χ3v) is 26.2. The molecule has 8 aliphatic rings. The molecule has 2 spiro atoms. The number of aliphatic hydroxyl groups is 1. The van der Waals surface area contributed by atoms with Crippen LogP contribution in [0.2, 0.25) is 10.0 Å². The molecule has 5 heterocycles. The van der Waals surface area contributed by atoms with Crippen molar-refractivity contribution in [2.45, 2.75) is 164 Å². The summed E-state index contributed by atoms with van der Waals surface area (Å²) < 4.78 is 83.6. The number of benzene rings is 4. The third-order valence-electron chi connectivity index (χ3n) is 21.9. The molecule has 0 radical (unpaired) electrons. The van der Waals surface area contributed by atoms with Gasteiger partial charge in [0.05, 0.1) is 46.3 Å². The number of anilines is 2. The lowest BCUT2D eigenvalue weighted by atomic mass is 9.62. The average molecular weight is 1280 g/mol. The lowest BCUT2D eigenvalue weighted by Crippen LogP contribution is -2.52. The molecule has 12 rings (SSSR count). The normalized spacial score (nSPS) is 33.7. The summed E-state index contributed by atoms with van der Waals surface area (Å²) in [5.74, 6) is -1.19.